The van der Waals surface area contributed by atoms with Gasteiger partial charge < -0.3 is 9.64 Å². The summed E-state index contributed by atoms with van der Waals surface area (Å²) in [4.78, 5) is 13.7. The SMILES string of the molecule is CCOCCN(CC)C(=O)c1n[nH]c(CC)c1S(N)(=O)=O. The van der Waals surface area contributed by atoms with Gasteiger partial charge in [-0.25, -0.2) is 13.6 Å². The third kappa shape index (κ3) is 4.26. The maximum absolute atomic E-state index is 12.4. The van der Waals surface area contributed by atoms with Gasteiger partial charge in [-0.2, -0.15) is 5.10 Å². The summed E-state index contributed by atoms with van der Waals surface area (Å²) in [7, 11) is -4.02. The largest absolute Gasteiger partial charge is 0.380 e. The quantitative estimate of drug-likeness (QED) is 0.660. The summed E-state index contributed by atoms with van der Waals surface area (Å²) in [5.41, 5.74) is 0.175. The number of aromatic amines is 1. The minimum atomic E-state index is -4.02. The van der Waals surface area contributed by atoms with E-state index in [-0.39, 0.29) is 10.6 Å². The predicted molar refractivity (Wildman–Crippen MR) is 77.4 cm³/mol. The normalized spacial score (nSPS) is 11.6. The fraction of sp³-hybridized carbons (Fsp3) is 0.667. The lowest BCUT2D eigenvalue weighted by atomic mass is 10.2. The molecule has 9 heteroatoms. The fourth-order valence-corrected chi connectivity index (χ4v) is 2.87. The van der Waals surface area contributed by atoms with Crippen LogP contribution in [-0.2, 0) is 21.2 Å². The molecule has 1 heterocycles. The van der Waals surface area contributed by atoms with E-state index in [0.29, 0.717) is 38.4 Å². The number of aryl methyl sites for hydroxylation is 1. The van der Waals surface area contributed by atoms with Crippen molar-refractivity contribution >= 4 is 15.9 Å². The van der Waals surface area contributed by atoms with Crippen molar-refractivity contribution < 1.29 is 17.9 Å². The maximum Gasteiger partial charge on any atom is 0.275 e. The van der Waals surface area contributed by atoms with Crippen molar-refractivity contribution in [1.29, 1.82) is 0 Å². The van der Waals surface area contributed by atoms with Crippen molar-refractivity contribution in [2.24, 2.45) is 5.14 Å². The van der Waals surface area contributed by atoms with Crippen LogP contribution >= 0.6 is 0 Å². The van der Waals surface area contributed by atoms with Crippen LogP contribution in [0, 0.1) is 0 Å². The number of likely N-dealkylation sites (N-methyl/N-ethyl adjacent to an activating group) is 1. The van der Waals surface area contributed by atoms with Crippen molar-refractivity contribution in [2.45, 2.75) is 32.1 Å². The number of hydrogen-bond donors (Lipinski definition) is 2. The van der Waals surface area contributed by atoms with Crippen molar-refractivity contribution in [3.05, 3.63) is 11.4 Å². The smallest absolute Gasteiger partial charge is 0.275 e. The van der Waals surface area contributed by atoms with E-state index < -0.39 is 15.9 Å². The molecule has 21 heavy (non-hydrogen) atoms. The first-order chi connectivity index (χ1) is 9.86. The van der Waals surface area contributed by atoms with Crippen molar-refractivity contribution in [2.75, 3.05) is 26.3 Å². The van der Waals surface area contributed by atoms with E-state index >= 15 is 0 Å². The summed E-state index contributed by atoms with van der Waals surface area (Å²) >= 11 is 0. The highest BCUT2D eigenvalue weighted by molar-refractivity contribution is 7.89. The van der Waals surface area contributed by atoms with Gasteiger partial charge in [0.2, 0.25) is 10.0 Å². The summed E-state index contributed by atoms with van der Waals surface area (Å²) < 4.78 is 28.6. The lowest BCUT2D eigenvalue weighted by Crippen LogP contribution is -2.35. The van der Waals surface area contributed by atoms with Crippen molar-refractivity contribution in [3.63, 3.8) is 0 Å². The van der Waals surface area contributed by atoms with Crippen LogP contribution in [0.5, 0.6) is 0 Å². The first-order valence-electron chi connectivity index (χ1n) is 6.83. The van der Waals surface area contributed by atoms with Crippen LogP contribution in [0.3, 0.4) is 0 Å². The number of nitrogens with two attached hydrogens (primary N) is 1. The average molecular weight is 318 g/mol. The molecule has 0 aliphatic rings. The van der Waals surface area contributed by atoms with E-state index in [1.165, 1.54) is 4.90 Å². The molecule has 0 saturated carbocycles. The Hall–Kier alpha value is -1.45. The Morgan fingerprint density at radius 3 is 2.52 bits per heavy atom. The highest BCUT2D eigenvalue weighted by atomic mass is 32.2. The summed E-state index contributed by atoms with van der Waals surface area (Å²) in [5.74, 6) is -0.475. The Kier molecular flexibility index (Phi) is 6.31. The van der Waals surface area contributed by atoms with Crippen LogP contribution in [0.4, 0.5) is 0 Å². The minimum Gasteiger partial charge on any atom is -0.380 e. The molecule has 0 radical (unpaired) electrons. The number of carbonyl (C=O) groups excluding carboxylic acids is 1. The summed E-state index contributed by atoms with van der Waals surface area (Å²) in [5, 5.41) is 11.6. The lowest BCUT2D eigenvalue weighted by molar-refractivity contribution is 0.0660. The fourth-order valence-electron chi connectivity index (χ4n) is 1.93. The molecule has 1 aromatic heterocycles. The zero-order valence-electron chi connectivity index (χ0n) is 12.5. The van der Waals surface area contributed by atoms with Crippen LogP contribution in [0.15, 0.2) is 4.90 Å². The first-order valence-corrected chi connectivity index (χ1v) is 8.38. The van der Waals surface area contributed by atoms with Crippen LogP contribution < -0.4 is 5.14 Å². The molecule has 0 fully saturated rings. The molecule has 0 spiro atoms. The third-order valence-corrected chi connectivity index (χ3v) is 4.02. The predicted octanol–water partition coefficient (Wildman–Crippen LogP) is 0.118. The van der Waals surface area contributed by atoms with Gasteiger partial charge in [0.25, 0.3) is 5.91 Å². The second kappa shape index (κ2) is 7.53. The zero-order valence-corrected chi connectivity index (χ0v) is 13.4. The third-order valence-electron chi connectivity index (χ3n) is 3.01. The summed E-state index contributed by atoms with van der Waals surface area (Å²) in [6.45, 7) is 7.13. The summed E-state index contributed by atoms with van der Waals surface area (Å²) in [6.07, 6.45) is 0.386. The molecule has 0 saturated heterocycles. The number of carbonyl (C=O) groups is 1. The van der Waals surface area contributed by atoms with E-state index in [1.54, 1.807) is 13.8 Å². The number of aromatic nitrogens is 2. The summed E-state index contributed by atoms with van der Waals surface area (Å²) in [6, 6.07) is 0. The Balaban J connectivity index is 3.09. The number of ether oxygens (including phenoxy) is 1. The van der Waals surface area contributed by atoms with Crippen LogP contribution in [-0.4, -0.2) is 55.7 Å². The molecular formula is C12H22N4O4S. The molecule has 1 amide bonds. The second-order valence-corrected chi connectivity index (χ2v) is 5.86. The van der Waals surface area contributed by atoms with Gasteiger partial charge in [0, 0.05) is 19.7 Å². The molecule has 0 aromatic carbocycles. The Labute approximate surface area is 124 Å². The molecule has 0 bridgehead atoms. The van der Waals surface area contributed by atoms with E-state index in [9.17, 15) is 13.2 Å². The lowest BCUT2D eigenvalue weighted by Gasteiger charge is -2.20. The molecule has 1 rings (SSSR count). The minimum absolute atomic E-state index is 0.160. The molecule has 0 atom stereocenters. The molecule has 0 unspecified atom stereocenters. The number of amides is 1. The molecule has 1 aromatic rings. The number of hydrogen-bond acceptors (Lipinski definition) is 5. The monoisotopic (exact) mass is 318 g/mol. The van der Waals surface area contributed by atoms with Crippen LogP contribution in [0.25, 0.3) is 0 Å². The van der Waals surface area contributed by atoms with Gasteiger partial charge in [0.15, 0.2) is 5.69 Å². The second-order valence-electron chi connectivity index (χ2n) is 4.36. The number of rotatable bonds is 8. The highest BCUT2D eigenvalue weighted by Crippen LogP contribution is 2.19. The average Bonchev–Trinajstić information content (AvgIpc) is 2.87. The Morgan fingerprint density at radius 2 is 2.05 bits per heavy atom. The molecule has 120 valence electrons. The van der Waals surface area contributed by atoms with Gasteiger partial charge in [-0.15, -0.1) is 0 Å². The molecule has 0 aliphatic carbocycles. The molecule has 8 nitrogen and oxygen atoms in total. The number of nitrogens with zero attached hydrogens (tertiary/aromatic N) is 2. The van der Waals surface area contributed by atoms with E-state index in [2.05, 4.69) is 10.2 Å². The number of sulfonamides is 1. The van der Waals surface area contributed by atoms with Gasteiger partial charge in [-0.05, 0) is 20.3 Å². The highest BCUT2D eigenvalue weighted by Gasteiger charge is 2.29. The maximum atomic E-state index is 12.4. The molecule has 3 N–H and O–H groups in total. The Morgan fingerprint density at radius 1 is 1.38 bits per heavy atom. The van der Waals surface area contributed by atoms with E-state index in [0.717, 1.165) is 0 Å². The number of H-pyrrole nitrogens is 1. The number of primary sulfonamides is 1. The molecular weight excluding hydrogens is 296 g/mol. The standard InChI is InChI=1S/C12H22N4O4S/c1-4-9-11(21(13,18)19)10(15-14-9)12(17)16(5-2)7-8-20-6-3/h4-8H2,1-3H3,(H,14,15)(H2,13,18,19). The van der Waals surface area contributed by atoms with Gasteiger partial charge in [0.1, 0.15) is 4.90 Å². The van der Waals surface area contributed by atoms with E-state index in [1.807, 2.05) is 6.92 Å². The van der Waals surface area contributed by atoms with Crippen LogP contribution in [0.1, 0.15) is 37.0 Å². The van der Waals surface area contributed by atoms with Gasteiger partial charge >= 0.3 is 0 Å². The topological polar surface area (TPSA) is 118 Å². The van der Waals surface area contributed by atoms with Gasteiger partial charge in [0.05, 0.1) is 12.3 Å². The van der Waals surface area contributed by atoms with Gasteiger partial charge in [-0.3, -0.25) is 9.89 Å². The van der Waals surface area contributed by atoms with Crippen molar-refractivity contribution in [1.82, 2.24) is 15.1 Å². The Bertz CT molecular complexity index is 582. The first kappa shape index (κ1) is 17.6. The van der Waals surface area contributed by atoms with Crippen LogP contribution in [0.2, 0.25) is 0 Å². The molecule has 0 aliphatic heterocycles. The van der Waals surface area contributed by atoms with Crippen molar-refractivity contribution in [3.8, 4) is 0 Å². The number of nitrogens with one attached hydrogen (secondary N) is 1. The van der Waals surface area contributed by atoms with Gasteiger partial charge in [-0.1, -0.05) is 6.92 Å². The van der Waals surface area contributed by atoms with E-state index in [4.69, 9.17) is 9.88 Å². The zero-order chi connectivity index (χ0) is 16.0.